The number of benzene rings is 2. The number of nitrogens with zero attached hydrogens (tertiary/aromatic N) is 1. The minimum absolute atomic E-state index is 0.0402. The van der Waals surface area contributed by atoms with E-state index in [2.05, 4.69) is 5.32 Å². The Bertz CT molecular complexity index is 872. The van der Waals surface area contributed by atoms with E-state index in [-0.39, 0.29) is 29.6 Å². The molecule has 2 aromatic carbocycles. The molecular formula is C19H18ClFN2O3. The fourth-order valence-corrected chi connectivity index (χ4v) is 3.11. The van der Waals surface area contributed by atoms with Crippen molar-refractivity contribution in [3.63, 3.8) is 0 Å². The van der Waals surface area contributed by atoms with Gasteiger partial charge in [0, 0.05) is 18.0 Å². The Balaban J connectivity index is 1.77. The molecule has 0 aromatic heterocycles. The highest BCUT2D eigenvalue weighted by molar-refractivity contribution is 6.30. The van der Waals surface area contributed by atoms with E-state index in [1.165, 1.54) is 24.1 Å². The van der Waals surface area contributed by atoms with E-state index in [1.54, 1.807) is 6.07 Å². The lowest BCUT2D eigenvalue weighted by molar-refractivity contribution is -0.122. The Morgan fingerprint density at radius 3 is 2.77 bits per heavy atom. The van der Waals surface area contributed by atoms with E-state index < -0.39 is 17.6 Å². The standard InChI is InChI=1S/C19H18ClFN2O3/c1-11-3-6-17(26-2)16(7-11)23-10-12(8-18(23)24)19(25)22-15-5-4-13(20)9-14(15)21/h3-7,9,12H,8,10H2,1-2H3,(H,22,25). The van der Waals surface area contributed by atoms with Gasteiger partial charge in [0.25, 0.3) is 0 Å². The number of carbonyl (C=O) groups is 2. The first-order chi connectivity index (χ1) is 12.4. The molecule has 0 bridgehead atoms. The Morgan fingerprint density at radius 2 is 2.08 bits per heavy atom. The molecule has 136 valence electrons. The Labute approximate surface area is 155 Å². The van der Waals surface area contributed by atoms with Gasteiger partial charge in [0.2, 0.25) is 11.8 Å². The topological polar surface area (TPSA) is 58.6 Å². The third kappa shape index (κ3) is 3.65. The summed E-state index contributed by atoms with van der Waals surface area (Å²) in [5.74, 6) is -1.22. The highest BCUT2D eigenvalue weighted by atomic mass is 35.5. The number of carbonyl (C=O) groups excluding carboxylic acids is 2. The van der Waals surface area contributed by atoms with Gasteiger partial charge >= 0.3 is 0 Å². The molecule has 1 unspecified atom stereocenters. The summed E-state index contributed by atoms with van der Waals surface area (Å²) in [4.78, 5) is 26.4. The number of anilines is 2. The maximum atomic E-state index is 13.9. The van der Waals surface area contributed by atoms with Crippen molar-refractivity contribution in [1.29, 1.82) is 0 Å². The number of rotatable bonds is 4. The van der Waals surface area contributed by atoms with E-state index in [1.807, 2.05) is 19.1 Å². The van der Waals surface area contributed by atoms with Crippen LogP contribution in [0, 0.1) is 18.7 Å². The zero-order chi connectivity index (χ0) is 18.8. The average Bonchev–Trinajstić information content (AvgIpc) is 2.99. The molecule has 1 aliphatic rings. The van der Waals surface area contributed by atoms with Crippen LogP contribution in [0.1, 0.15) is 12.0 Å². The lowest BCUT2D eigenvalue weighted by Crippen LogP contribution is -2.28. The molecule has 0 saturated carbocycles. The van der Waals surface area contributed by atoms with Gasteiger partial charge in [-0.25, -0.2) is 4.39 Å². The second kappa shape index (κ2) is 7.33. The van der Waals surface area contributed by atoms with Gasteiger partial charge in [-0.05, 0) is 42.8 Å². The first-order valence-corrected chi connectivity index (χ1v) is 8.47. The number of ether oxygens (including phenoxy) is 1. The fourth-order valence-electron chi connectivity index (χ4n) is 2.95. The number of nitrogens with one attached hydrogen (secondary N) is 1. The number of halogens is 2. The van der Waals surface area contributed by atoms with Gasteiger partial charge in [-0.1, -0.05) is 17.7 Å². The predicted octanol–water partition coefficient (Wildman–Crippen LogP) is 3.79. The molecule has 26 heavy (non-hydrogen) atoms. The maximum absolute atomic E-state index is 13.9. The normalized spacial score (nSPS) is 16.7. The number of hydrogen-bond acceptors (Lipinski definition) is 3. The van der Waals surface area contributed by atoms with Crippen LogP contribution in [0.25, 0.3) is 0 Å². The smallest absolute Gasteiger partial charge is 0.229 e. The van der Waals surface area contributed by atoms with E-state index in [0.717, 1.165) is 11.6 Å². The van der Waals surface area contributed by atoms with Crippen LogP contribution in [-0.2, 0) is 9.59 Å². The molecule has 0 radical (unpaired) electrons. The molecule has 2 amide bonds. The van der Waals surface area contributed by atoms with E-state index in [9.17, 15) is 14.0 Å². The maximum Gasteiger partial charge on any atom is 0.229 e. The van der Waals surface area contributed by atoms with Gasteiger partial charge in [0.05, 0.1) is 24.4 Å². The summed E-state index contributed by atoms with van der Waals surface area (Å²) >= 11 is 5.71. The first-order valence-electron chi connectivity index (χ1n) is 8.10. The molecule has 0 spiro atoms. The van der Waals surface area contributed by atoms with Gasteiger partial charge in [-0.15, -0.1) is 0 Å². The van der Waals surface area contributed by atoms with Gasteiger partial charge in [0.15, 0.2) is 0 Å². The van der Waals surface area contributed by atoms with Crippen LogP contribution in [0.15, 0.2) is 36.4 Å². The van der Waals surface area contributed by atoms with Crippen LogP contribution in [-0.4, -0.2) is 25.5 Å². The molecule has 0 aliphatic carbocycles. The van der Waals surface area contributed by atoms with Crippen LogP contribution in [0.5, 0.6) is 5.75 Å². The molecule has 1 aliphatic heterocycles. The summed E-state index contributed by atoms with van der Waals surface area (Å²) in [6, 6.07) is 9.53. The lowest BCUT2D eigenvalue weighted by Gasteiger charge is -2.20. The summed E-state index contributed by atoms with van der Waals surface area (Å²) in [6.07, 6.45) is 0.0537. The second-order valence-electron chi connectivity index (χ2n) is 6.19. The predicted molar refractivity (Wildman–Crippen MR) is 98.2 cm³/mol. The molecule has 1 fully saturated rings. The number of amides is 2. The van der Waals surface area contributed by atoms with Crippen molar-refractivity contribution in [3.8, 4) is 5.75 Å². The summed E-state index contributed by atoms with van der Waals surface area (Å²) in [5, 5.41) is 2.77. The Hall–Kier alpha value is -2.60. The number of aryl methyl sites for hydroxylation is 1. The quantitative estimate of drug-likeness (QED) is 0.883. The van der Waals surface area contributed by atoms with Crippen LogP contribution in [0.4, 0.5) is 15.8 Å². The molecule has 3 rings (SSSR count). The first kappa shape index (κ1) is 18.2. The van der Waals surface area contributed by atoms with Gasteiger partial charge in [-0.3, -0.25) is 9.59 Å². The van der Waals surface area contributed by atoms with Crippen molar-refractivity contribution in [1.82, 2.24) is 0 Å². The number of hydrogen-bond donors (Lipinski definition) is 1. The Kier molecular flexibility index (Phi) is 5.13. The van der Waals surface area contributed by atoms with Crippen molar-refractivity contribution in [2.45, 2.75) is 13.3 Å². The van der Waals surface area contributed by atoms with Crippen LogP contribution >= 0.6 is 11.6 Å². The molecule has 5 nitrogen and oxygen atoms in total. The summed E-state index contributed by atoms with van der Waals surface area (Å²) < 4.78 is 19.2. The summed E-state index contributed by atoms with van der Waals surface area (Å²) in [7, 11) is 1.53. The largest absolute Gasteiger partial charge is 0.495 e. The minimum Gasteiger partial charge on any atom is -0.495 e. The zero-order valence-electron chi connectivity index (χ0n) is 14.4. The molecule has 1 saturated heterocycles. The van der Waals surface area contributed by atoms with Crippen molar-refractivity contribution < 1.29 is 18.7 Å². The van der Waals surface area contributed by atoms with Crippen LogP contribution in [0.2, 0.25) is 5.02 Å². The molecule has 1 N–H and O–H groups in total. The van der Waals surface area contributed by atoms with Crippen molar-refractivity contribution in [3.05, 3.63) is 52.8 Å². The van der Waals surface area contributed by atoms with Gasteiger partial charge in [0.1, 0.15) is 11.6 Å². The van der Waals surface area contributed by atoms with Crippen molar-refractivity contribution in [2.24, 2.45) is 5.92 Å². The highest BCUT2D eigenvalue weighted by Crippen LogP contribution is 2.34. The lowest BCUT2D eigenvalue weighted by atomic mass is 10.1. The van der Waals surface area contributed by atoms with Crippen LogP contribution in [0.3, 0.4) is 0 Å². The van der Waals surface area contributed by atoms with E-state index >= 15 is 0 Å². The SMILES string of the molecule is COc1ccc(C)cc1N1CC(C(=O)Nc2ccc(Cl)cc2F)CC1=O. The minimum atomic E-state index is -0.618. The highest BCUT2D eigenvalue weighted by Gasteiger charge is 2.36. The van der Waals surface area contributed by atoms with Gasteiger partial charge < -0.3 is 15.0 Å². The molecule has 2 aromatic rings. The van der Waals surface area contributed by atoms with E-state index in [0.29, 0.717) is 11.4 Å². The monoisotopic (exact) mass is 376 g/mol. The average molecular weight is 377 g/mol. The summed E-state index contributed by atoms with van der Waals surface area (Å²) in [6.45, 7) is 2.12. The molecule has 1 atom stereocenters. The molecular weight excluding hydrogens is 359 g/mol. The zero-order valence-corrected chi connectivity index (χ0v) is 15.1. The fraction of sp³-hybridized carbons (Fsp3) is 0.263. The van der Waals surface area contributed by atoms with Crippen LogP contribution < -0.4 is 15.0 Å². The Morgan fingerprint density at radius 1 is 1.31 bits per heavy atom. The van der Waals surface area contributed by atoms with Crippen molar-refractivity contribution >= 4 is 34.8 Å². The third-order valence-electron chi connectivity index (χ3n) is 4.31. The van der Waals surface area contributed by atoms with Gasteiger partial charge in [-0.2, -0.15) is 0 Å². The molecule has 7 heteroatoms. The summed E-state index contributed by atoms with van der Waals surface area (Å²) in [5.41, 5.74) is 1.65. The number of methoxy groups -OCH3 is 1. The van der Waals surface area contributed by atoms with Crippen molar-refractivity contribution in [2.75, 3.05) is 23.9 Å². The molecule has 1 heterocycles. The second-order valence-corrected chi connectivity index (χ2v) is 6.63. The third-order valence-corrected chi connectivity index (χ3v) is 4.55. The van der Waals surface area contributed by atoms with E-state index in [4.69, 9.17) is 16.3 Å².